The minimum absolute atomic E-state index is 0.504. The average Bonchev–Trinajstić information content (AvgIpc) is 3.93. The summed E-state index contributed by atoms with van der Waals surface area (Å²) >= 11 is 1.80. The predicted molar refractivity (Wildman–Crippen MR) is 237 cm³/mol. The van der Waals surface area contributed by atoms with Crippen molar-refractivity contribution in [3.8, 4) is 44.5 Å². The zero-order chi connectivity index (χ0) is 37.5. The molecule has 4 heteroatoms. The summed E-state index contributed by atoms with van der Waals surface area (Å²) in [6.07, 6.45) is 5.99. The highest BCUT2D eigenvalue weighted by atomic mass is 32.1. The number of imidazole rings is 1. The number of benzene rings is 7. The van der Waals surface area contributed by atoms with Crippen LogP contribution >= 0.6 is 11.3 Å². The van der Waals surface area contributed by atoms with Gasteiger partial charge in [-0.2, -0.15) is 0 Å². The Hall–Kier alpha value is -7.14. The summed E-state index contributed by atoms with van der Waals surface area (Å²) < 4.78 is 3.52. The summed E-state index contributed by atoms with van der Waals surface area (Å²) in [6.45, 7) is 0. The Morgan fingerprint density at radius 1 is 0.456 bits per heavy atom. The van der Waals surface area contributed by atoms with Crippen LogP contribution < -0.4 is 0 Å². The third-order valence-electron chi connectivity index (χ3n) is 12.0. The van der Waals surface area contributed by atoms with Crippen molar-refractivity contribution in [3.63, 3.8) is 0 Å². The van der Waals surface area contributed by atoms with Crippen LogP contribution in [0.3, 0.4) is 0 Å². The molecule has 0 fully saturated rings. The molecule has 4 aromatic heterocycles. The molecule has 3 nitrogen and oxygen atoms in total. The topological polar surface area (TPSA) is 30.2 Å². The van der Waals surface area contributed by atoms with Crippen LogP contribution in [0.25, 0.3) is 81.4 Å². The van der Waals surface area contributed by atoms with E-state index in [0.717, 1.165) is 16.7 Å². The fourth-order valence-electron chi connectivity index (χ4n) is 9.32. The maximum Gasteiger partial charge on any atom is 0.138 e. The van der Waals surface area contributed by atoms with E-state index < -0.39 is 5.41 Å². The van der Waals surface area contributed by atoms with Crippen LogP contribution in [0.4, 0.5) is 0 Å². The summed E-state index contributed by atoms with van der Waals surface area (Å²) in [4.78, 5) is 10.5. The third kappa shape index (κ3) is 4.84. The van der Waals surface area contributed by atoms with E-state index in [2.05, 4.69) is 198 Å². The van der Waals surface area contributed by atoms with E-state index >= 15 is 0 Å². The van der Waals surface area contributed by atoms with E-state index in [9.17, 15) is 0 Å². The van der Waals surface area contributed by atoms with Crippen LogP contribution in [0.1, 0.15) is 22.3 Å². The van der Waals surface area contributed by atoms with Gasteiger partial charge in [-0.05, 0) is 132 Å². The molecule has 0 N–H and O–H groups in total. The maximum atomic E-state index is 4.99. The Kier molecular flexibility index (Phi) is 7.01. The second kappa shape index (κ2) is 12.4. The number of thiophene rings is 1. The lowest BCUT2D eigenvalue weighted by molar-refractivity contribution is 0.769. The number of rotatable bonds is 5. The molecule has 0 amide bonds. The van der Waals surface area contributed by atoms with E-state index in [1.165, 1.54) is 86.9 Å². The van der Waals surface area contributed by atoms with Crippen LogP contribution in [0, 0.1) is 0 Å². The first-order valence-electron chi connectivity index (χ1n) is 19.4. The molecule has 0 aliphatic heterocycles. The number of hydrogen-bond donors (Lipinski definition) is 0. The van der Waals surface area contributed by atoms with Gasteiger partial charge in [0, 0.05) is 28.7 Å². The maximum absolute atomic E-state index is 4.99. The quantitative estimate of drug-likeness (QED) is 0.176. The van der Waals surface area contributed by atoms with Crippen molar-refractivity contribution in [2.75, 3.05) is 0 Å². The molecule has 0 atom stereocenters. The van der Waals surface area contributed by atoms with Crippen molar-refractivity contribution < 1.29 is 0 Å². The number of fused-ring (bicyclic) bond motifs is 9. The van der Waals surface area contributed by atoms with E-state index in [0.29, 0.717) is 0 Å². The van der Waals surface area contributed by atoms with Gasteiger partial charge in [-0.1, -0.05) is 127 Å². The minimum Gasteiger partial charge on any atom is -0.290 e. The monoisotopic (exact) mass is 743 g/mol. The summed E-state index contributed by atoms with van der Waals surface area (Å²) in [7, 11) is 0. The zero-order valence-electron chi connectivity index (χ0n) is 30.8. The standard InChI is InChI=1S/C53H33N3S/c1-3-9-42(10-4-1)53(43-11-5-2-6-12-43)47-31-39(34-25-27-54-28-26-34)19-22-44(47)45-23-20-40(32-48(45)53)37-16-15-36-30-38(18-17-35(36)29-37)41-21-24-50-55-51-46-13-7-8-14-49(46)57-52(51)56(50)33-41/h1-33H. The highest BCUT2D eigenvalue weighted by Crippen LogP contribution is 2.57. The van der Waals surface area contributed by atoms with E-state index in [1.807, 2.05) is 12.4 Å². The molecule has 0 unspecified atom stereocenters. The molecule has 266 valence electrons. The largest absolute Gasteiger partial charge is 0.290 e. The summed E-state index contributed by atoms with van der Waals surface area (Å²) in [6, 6.07) is 67.0. The van der Waals surface area contributed by atoms with Gasteiger partial charge in [-0.15, -0.1) is 11.3 Å². The Morgan fingerprint density at radius 2 is 1.00 bits per heavy atom. The lowest BCUT2D eigenvalue weighted by Crippen LogP contribution is -2.28. The van der Waals surface area contributed by atoms with Gasteiger partial charge in [0.2, 0.25) is 0 Å². The van der Waals surface area contributed by atoms with Gasteiger partial charge in [0.25, 0.3) is 0 Å². The normalized spacial score (nSPS) is 13.1. The van der Waals surface area contributed by atoms with Gasteiger partial charge in [0.15, 0.2) is 0 Å². The number of nitrogens with zero attached hydrogens (tertiary/aromatic N) is 3. The molecule has 0 saturated carbocycles. The first kappa shape index (κ1) is 32.1. The molecular formula is C53H33N3S. The fraction of sp³-hybridized carbons (Fsp3) is 0.0189. The predicted octanol–water partition coefficient (Wildman–Crippen LogP) is 13.6. The van der Waals surface area contributed by atoms with E-state index in [4.69, 9.17) is 4.98 Å². The molecule has 0 spiro atoms. The first-order valence-corrected chi connectivity index (χ1v) is 20.2. The number of hydrogen-bond acceptors (Lipinski definition) is 3. The Labute approximate surface area is 333 Å². The van der Waals surface area contributed by atoms with Crippen molar-refractivity contribution in [3.05, 3.63) is 223 Å². The van der Waals surface area contributed by atoms with Crippen molar-refractivity contribution in [1.82, 2.24) is 14.4 Å². The lowest BCUT2D eigenvalue weighted by atomic mass is 9.67. The second-order valence-electron chi connectivity index (χ2n) is 15.0. The second-order valence-corrected chi connectivity index (χ2v) is 16.1. The fourth-order valence-corrected chi connectivity index (χ4v) is 10.4. The molecule has 0 radical (unpaired) electrons. The molecular weight excluding hydrogens is 711 g/mol. The lowest BCUT2D eigenvalue weighted by Gasteiger charge is -2.34. The minimum atomic E-state index is -0.504. The van der Waals surface area contributed by atoms with Crippen molar-refractivity contribution in [1.29, 1.82) is 0 Å². The van der Waals surface area contributed by atoms with Crippen LogP contribution in [-0.4, -0.2) is 14.4 Å². The third-order valence-corrected chi connectivity index (χ3v) is 13.2. The first-order chi connectivity index (χ1) is 28.2. The van der Waals surface area contributed by atoms with Crippen molar-refractivity contribution in [2.24, 2.45) is 0 Å². The number of aromatic nitrogens is 3. The van der Waals surface area contributed by atoms with E-state index in [-0.39, 0.29) is 0 Å². The van der Waals surface area contributed by atoms with Gasteiger partial charge in [-0.3, -0.25) is 9.38 Å². The van der Waals surface area contributed by atoms with Crippen LogP contribution in [0.2, 0.25) is 0 Å². The Morgan fingerprint density at radius 3 is 1.67 bits per heavy atom. The molecule has 7 aromatic carbocycles. The molecule has 1 aliphatic carbocycles. The SMILES string of the molecule is c1ccc(C2(c3ccccc3)c3cc(-c4ccncc4)ccc3-c3ccc(-c4ccc5cc(-c6ccc7nc8c9ccccc9sc8n7c6)ccc5c4)cc32)cc1. The summed E-state index contributed by atoms with van der Waals surface area (Å²) in [5, 5.41) is 3.65. The van der Waals surface area contributed by atoms with Gasteiger partial charge >= 0.3 is 0 Å². The highest BCUT2D eigenvalue weighted by Gasteiger charge is 2.46. The Balaban J connectivity index is 0.984. The zero-order valence-corrected chi connectivity index (χ0v) is 31.6. The summed E-state index contributed by atoms with van der Waals surface area (Å²) in [5.41, 5.74) is 16.3. The van der Waals surface area contributed by atoms with Crippen LogP contribution in [0.15, 0.2) is 201 Å². The van der Waals surface area contributed by atoms with Crippen LogP contribution in [0.5, 0.6) is 0 Å². The van der Waals surface area contributed by atoms with Gasteiger partial charge in [0.1, 0.15) is 16.0 Å². The van der Waals surface area contributed by atoms with Crippen molar-refractivity contribution >= 4 is 48.2 Å². The molecule has 12 rings (SSSR count). The Bertz CT molecular complexity index is 3310. The molecule has 4 heterocycles. The van der Waals surface area contributed by atoms with Gasteiger partial charge < -0.3 is 0 Å². The summed E-state index contributed by atoms with van der Waals surface area (Å²) in [5.74, 6) is 0. The van der Waals surface area contributed by atoms with E-state index in [1.54, 1.807) is 11.3 Å². The van der Waals surface area contributed by atoms with Gasteiger partial charge in [0.05, 0.1) is 5.41 Å². The molecule has 1 aliphatic rings. The highest BCUT2D eigenvalue weighted by molar-refractivity contribution is 7.25. The number of pyridine rings is 2. The van der Waals surface area contributed by atoms with Crippen molar-refractivity contribution in [2.45, 2.75) is 5.41 Å². The molecule has 11 aromatic rings. The smallest absolute Gasteiger partial charge is 0.138 e. The molecule has 0 bridgehead atoms. The molecule has 57 heavy (non-hydrogen) atoms. The average molecular weight is 744 g/mol. The van der Waals surface area contributed by atoms with Gasteiger partial charge in [-0.25, -0.2) is 4.98 Å². The molecule has 0 saturated heterocycles. The van der Waals surface area contributed by atoms with Crippen LogP contribution in [-0.2, 0) is 5.41 Å².